The van der Waals surface area contributed by atoms with Crippen molar-refractivity contribution in [2.75, 3.05) is 6.54 Å². The number of allylic oxidation sites excluding steroid dienone is 1. The molecule has 15 heavy (non-hydrogen) atoms. The highest BCUT2D eigenvalue weighted by Crippen LogP contribution is 2.12. The summed E-state index contributed by atoms with van der Waals surface area (Å²) in [4.78, 5) is 11.7. The fraction of sp³-hybridized carbons (Fsp3) is 0.769. The Labute approximate surface area is 94.1 Å². The van der Waals surface area contributed by atoms with Crippen molar-refractivity contribution >= 4 is 5.91 Å². The molecule has 0 saturated carbocycles. The third-order valence-corrected chi connectivity index (χ3v) is 2.62. The Hall–Kier alpha value is -0.790. The Morgan fingerprint density at radius 1 is 1.40 bits per heavy atom. The van der Waals surface area contributed by atoms with Gasteiger partial charge in [0, 0.05) is 12.5 Å². The van der Waals surface area contributed by atoms with Crippen LogP contribution in [0.1, 0.15) is 52.9 Å². The van der Waals surface area contributed by atoms with Crippen LogP contribution < -0.4 is 5.32 Å². The first-order valence-electron chi connectivity index (χ1n) is 6.15. The third-order valence-electron chi connectivity index (χ3n) is 2.62. The number of carbonyl (C=O) groups is 1. The summed E-state index contributed by atoms with van der Waals surface area (Å²) in [5.74, 6) is 0.450. The summed E-state index contributed by atoms with van der Waals surface area (Å²) in [7, 11) is 0. The molecule has 0 aliphatic carbocycles. The van der Waals surface area contributed by atoms with Crippen molar-refractivity contribution in [2.45, 2.75) is 52.9 Å². The minimum Gasteiger partial charge on any atom is -0.356 e. The molecule has 0 aliphatic rings. The second kappa shape index (κ2) is 9.75. The van der Waals surface area contributed by atoms with Crippen LogP contribution in [-0.4, -0.2) is 12.5 Å². The van der Waals surface area contributed by atoms with Crippen molar-refractivity contribution in [1.82, 2.24) is 5.32 Å². The maximum Gasteiger partial charge on any atom is 0.223 e. The lowest BCUT2D eigenvalue weighted by atomic mass is 9.98. The summed E-state index contributed by atoms with van der Waals surface area (Å²) in [6.07, 6.45) is 9.33. The van der Waals surface area contributed by atoms with E-state index in [0.29, 0.717) is 0 Å². The van der Waals surface area contributed by atoms with Gasteiger partial charge in [-0.05, 0) is 26.2 Å². The van der Waals surface area contributed by atoms with Gasteiger partial charge in [0.25, 0.3) is 0 Å². The first kappa shape index (κ1) is 14.2. The highest BCUT2D eigenvalue weighted by molar-refractivity contribution is 5.78. The molecule has 1 unspecified atom stereocenters. The van der Waals surface area contributed by atoms with E-state index in [0.717, 1.165) is 32.2 Å². The molecule has 2 heteroatoms. The van der Waals surface area contributed by atoms with Crippen molar-refractivity contribution < 1.29 is 4.79 Å². The molecule has 0 heterocycles. The van der Waals surface area contributed by atoms with E-state index in [2.05, 4.69) is 25.2 Å². The van der Waals surface area contributed by atoms with Crippen LogP contribution in [0.4, 0.5) is 0 Å². The summed E-state index contributed by atoms with van der Waals surface area (Å²) in [5.41, 5.74) is 0. The predicted molar refractivity (Wildman–Crippen MR) is 65.7 cm³/mol. The number of hydrogen-bond acceptors (Lipinski definition) is 1. The maximum atomic E-state index is 11.7. The lowest BCUT2D eigenvalue weighted by Gasteiger charge is -2.13. The van der Waals surface area contributed by atoms with Crippen molar-refractivity contribution in [1.29, 1.82) is 0 Å². The van der Waals surface area contributed by atoms with Gasteiger partial charge < -0.3 is 5.32 Å². The SMILES string of the molecule is C/C=C/CCNC(=O)C(CC)CCCC. The molecule has 0 saturated heterocycles. The number of rotatable bonds is 8. The third kappa shape index (κ3) is 7.18. The molecule has 1 amide bonds. The number of carbonyl (C=O) groups excluding carboxylic acids is 1. The molecule has 0 aromatic heterocycles. The van der Waals surface area contributed by atoms with Crippen LogP contribution in [0, 0.1) is 5.92 Å². The highest BCUT2D eigenvalue weighted by atomic mass is 16.1. The lowest BCUT2D eigenvalue weighted by molar-refractivity contribution is -0.125. The Balaban J connectivity index is 3.72. The zero-order valence-corrected chi connectivity index (χ0v) is 10.4. The lowest BCUT2D eigenvalue weighted by Crippen LogP contribution is -2.31. The van der Waals surface area contributed by atoms with Crippen LogP contribution in [0.25, 0.3) is 0 Å². The van der Waals surface area contributed by atoms with Gasteiger partial charge in [-0.3, -0.25) is 4.79 Å². The minimum absolute atomic E-state index is 0.218. The fourth-order valence-electron chi connectivity index (χ4n) is 1.56. The normalized spacial score (nSPS) is 13.0. The van der Waals surface area contributed by atoms with Crippen molar-refractivity contribution in [2.24, 2.45) is 5.92 Å². The first-order chi connectivity index (χ1) is 7.26. The van der Waals surface area contributed by atoms with Crippen LogP contribution in [0.3, 0.4) is 0 Å². The molecule has 0 aromatic rings. The Morgan fingerprint density at radius 2 is 2.13 bits per heavy atom. The molecule has 1 atom stereocenters. The van der Waals surface area contributed by atoms with E-state index < -0.39 is 0 Å². The van der Waals surface area contributed by atoms with Crippen LogP contribution in [0.15, 0.2) is 12.2 Å². The van der Waals surface area contributed by atoms with Gasteiger partial charge in [-0.2, -0.15) is 0 Å². The standard InChI is InChI=1S/C13H25NO/c1-4-7-9-11-14-13(15)12(6-3)10-8-5-2/h4,7,12H,5-6,8-11H2,1-3H3,(H,14,15)/b7-4+. The number of hydrogen-bond donors (Lipinski definition) is 1. The second-order valence-corrected chi connectivity index (χ2v) is 3.90. The molecule has 0 rings (SSSR count). The summed E-state index contributed by atoms with van der Waals surface area (Å²) in [6.45, 7) is 7.02. The van der Waals surface area contributed by atoms with Crippen LogP contribution >= 0.6 is 0 Å². The number of unbranched alkanes of at least 4 members (excludes halogenated alkanes) is 1. The maximum absolute atomic E-state index is 11.7. The van der Waals surface area contributed by atoms with E-state index in [1.165, 1.54) is 6.42 Å². The molecule has 0 aliphatic heterocycles. The van der Waals surface area contributed by atoms with E-state index in [-0.39, 0.29) is 11.8 Å². The molecular formula is C13H25NO. The molecule has 0 fully saturated rings. The monoisotopic (exact) mass is 211 g/mol. The van der Waals surface area contributed by atoms with Crippen molar-refractivity contribution in [3.8, 4) is 0 Å². The second-order valence-electron chi connectivity index (χ2n) is 3.90. The molecular weight excluding hydrogens is 186 g/mol. The fourth-order valence-corrected chi connectivity index (χ4v) is 1.56. The molecule has 0 spiro atoms. The summed E-state index contributed by atoms with van der Waals surface area (Å²) < 4.78 is 0. The van der Waals surface area contributed by atoms with Gasteiger partial charge in [0.05, 0.1) is 0 Å². The molecule has 0 aromatic carbocycles. The summed E-state index contributed by atoms with van der Waals surface area (Å²) in [5, 5.41) is 2.99. The van der Waals surface area contributed by atoms with Gasteiger partial charge in [0.2, 0.25) is 5.91 Å². The molecule has 1 N–H and O–H groups in total. The minimum atomic E-state index is 0.218. The van der Waals surface area contributed by atoms with Crippen LogP contribution in [0.5, 0.6) is 0 Å². The quantitative estimate of drug-likeness (QED) is 0.484. The molecule has 0 bridgehead atoms. The zero-order valence-electron chi connectivity index (χ0n) is 10.4. The summed E-state index contributed by atoms with van der Waals surface area (Å²) in [6, 6.07) is 0. The average Bonchev–Trinajstić information content (AvgIpc) is 2.25. The summed E-state index contributed by atoms with van der Waals surface area (Å²) >= 11 is 0. The van der Waals surface area contributed by atoms with E-state index in [1.807, 2.05) is 13.0 Å². The van der Waals surface area contributed by atoms with Gasteiger partial charge >= 0.3 is 0 Å². The number of amides is 1. The van der Waals surface area contributed by atoms with Gasteiger partial charge in [-0.1, -0.05) is 38.8 Å². The van der Waals surface area contributed by atoms with Crippen molar-refractivity contribution in [3.63, 3.8) is 0 Å². The van der Waals surface area contributed by atoms with Crippen molar-refractivity contribution in [3.05, 3.63) is 12.2 Å². The zero-order chi connectivity index (χ0) is 11.5. The smallest absolute Gasteiger partial charge is 0.223 e. The van der Waals surface area contributed by atoms with Crippen LogP contribution in [-0.2, 0) is 4.79 Å². The highest BCUT2D eigenvalue weighted by Gasteiger charge is 2.14. The van der Waals surface area contributed by atoms with Gasteiger partial charge in [-0.25, -0.2) is 0 Å². The molecule has 2 nitrogen and oxygen atoms in total. The van der Waals surface area contributed by atoms with E-state index in [9.17, 15) is 4.79 Å². The first-order valence-corrected chi connectivity index (χ1v) is 6.15. The van der Waals surface area contributed by atoms with Gasteiger partial charge in [0.1, 0.15) is 0 Å². The van der Waals surface area contributed by atoms with E-state index >= 15 is 0 Å². The average molecular weight is 211 g/mol. The largest absolute Gasteiger partial charge is 0.356 e. The Bertz CT molecular complexity index is 187. The topological polar surface area (TPSA) is 29.1 Å². The van der Waals surface area contributed by atoms with Gasteiger partial charge in [-0.15, -0.1) is 0 Å². The molecule has 0 radical (unpaired) electrons. The van der Waals surface area contributed by atoms with E-state index in [1.54, 1.807) is 0 Å². The Kier molecular flexibility index (Phi) is 9.24. The van der Waals surface area contributed by atoms with Gasteiger partial charge in [0.15, 0.2) is 0 Å². The predicted octanol–water partition coefficient (Wildman–Crippen LogP) is 3.29. The Morgan fingerprint density at radius 3 is 2.67 bits per heavy atom. The number of nitrogens with one attached hydrogen (secondary N) is 1. The molecule has 88 valence electrons. The van der Waals surface area contributed by atoms with Crippen LogP contribution in [0.2, 0.25) is 0 Å². The van der Waals surface area contributed by atoms with E-state index in [4.69, 9.17) is 0 Å².